The molecule has 4 nitrogen and oxygen atoms in total. The van der Waals surface area contributed by atoms with Gasteiger partial charge in [-0.05, 0) is 6.92 Å². The van der Waals surface area contributed by atoms with Gasteiger partial charge in [-0.3, -0.25) is 9.59 Å². The molecule has 0 radical (unpaired) electrons. The highest BCUT2D eigenvalue weighted by Gasteiger charge is 2.06. The van der Waals surface area contributed by atoms with Crippen LogP contribution in [0.15, 0.2) is 54.6 Å². The van der Waals surface area contributed by atoms with Gasteiger partial charge in [0.25, 0.3) is 0 Å². The lowest BCUT2D eigenvalue weighted by atomic mass is 10.0. The van der Waals surface area contributed by atoms with Gasteiger partial charge in [0.05, 0.1) is 6.54 Å². The van der Waals surface area contributed by atoms with E-state index in [-0.39, 0.29) is 12.3 Å². The Morgan fingerprint density at radius 3 is 1.85 bits per heavy atom. The van der Waals surface area contributed by atoms with E-state index in [9.17, 15) is 9.59 Å². The Kier molecular flexibility index (Phi) is 6.13. The smallest absolute Gasteiger partial charge is 0.317 e. The molecule has 0 saturated carbocycles. The van der Waals surface area contributed by atoms with Crippen LogP contribution in [-0.4, -0.2) is 23.4 Å². The maximum atomic E-state index is 12.0. The van der Waals surface area contributed by atoms with Crippen LogP contribution in [0.25, 0.3) is 0 Å². The van der Waals surface area contributed by atoms with Gasteiger partial charge in [0.1, 0.15) is 0 Å². The summed E-state index contributed by atoms with van der Waals surface area (Å²) >= 11 is 0. The lowest BCUT2D eigenvalue weighted by Crippen LogP contribution is -2.10. The monoisotopic (exact) mass is 271 g/mol. The minimum Gasteiger partial charge on any atom is -0.480 e. The third-order valence-electron chi connectivity index (χ3n) is 2.52. The Balaban J connectivity index is 0.000000347. The molecule has 2 aromatic rings. The second-order valence-electron chi connectivity index (χ2n) is 4.16. The average molecular weight is 271 g/mol. The first-order valence-electron chi connectivity index (χ1n) is 6.13. The van der Waals surface area contributed by atoms with E-state index in [1.54, 1.807) is 0 Å². The van der Waals surface area contributed by atoms with Crippen LogP contribution in [0.4, 0.5) is 0 Å². The topological polar surface area (TPSA) is 80.4 Å². The minimum atomic E-state index is -0.968. The van der Waals surface area contributed by atoms with E-state index < -0.39 is 5.97 Å². The third-order valence-corrected chi connectivity index (χ3v) is 2.52. The van der Waals surface area contributed by atoms with Gasteiger partial charge < -0.3 is 10.8 Å². The molecule has 0 fully saturated rings. The third kappa shape index (κ3) is 5.04. The fraction of sp³-hybridized carbons (Fsp3) is 0.125. The van der Waals surface area contributed by atoms with Gasteiger partial charge in [0.2, 0.25) is 0 Å². The molecule has 2 rings (SSSR count). The number of ketones is 1. The van der Waals surface area contributed by atoms with Gasteiger partial charge in [0, 0.05) is 11.1 Å². The van der Waals surface area contributed by atoms with Crippen LogP contribution >= 0.6 is 0 Å². The molecule has 104 valence electrons. The van der Waals surface area contributed by atoms with Gasteiger partial charge in [0.15, 0.2) is 5.78 Å². The summed E-state index contributed by atoms with van der Waals surface area (Å²) in [5, 5.41) is 7.60. The average Bonchev–Trinajstić information content (AvgIpc) is 2.49. The molecular formula is C16H17NO3. The standard InChI is InChI=1S/C14H12O.C2H5NO2/c1-11-7-9-13(10-8-11)14(15)12-5-3-2-4-6-12;3-1-2(4)5/h2-10H,1H3;1,3H2,(H,4,5). The van der Waals surface area contributed by atoms with Crippen molar-refractivity contribution in [2.75, 3.05) is 6.54 Å². The summed E-state index contributed by atoms with van der Waals surface area (Å²) in [6.07, 6.45) is 0. The van der Waals surface area contributed by atoms with Crippen molar-refractivity contribution < 1.29 is 14.7 Å². The molecule has 0 aliphatic rings. The summed E-state index contributed by atoms with van der Waals surface area (Å²) in [6.45, 7) is 1.73. The van der Waals surface area contributed by atoms with Crippen LogP contribution in [0, 0.1) is 6.92 Å². The Bertz CT molecular complexity index is 562. The number of aryl methyl sites for hydroxylation is 1. The number of aliphatic carboxylic acids is 1. The van der Waals surface area contributed by atoms with Crippen LogP contribution in [0.1, 0.15) is 21.5 Å². The zero-order chi connectivity index (χ0) is 15.0. The summed E-state index contributed by atoms with van der Waals surface area (Å²) in [6, 6.07) is 17.0. The second kappa shape index (κ2) is 7.86. The molecule has 4 heteroatoms. The molecule has 0 atom stereocenters. The normalized spacial score (nSPS) is 9.30. The first-order chi connectivity index (χ1) is 9.54. The Hall–Kier alpha value is -2.46. The second-order valence-corrected chi connectivity index (χ2v) is 4.16. The van der Waals surface area contributed by atoms with Crippen LogP contribution in [0.3, 0.4) is 0 Å². The van der Waals surface area contributed by atoms with Crippen molar-refractivity contribution in [2.24, 2.45) is 5.73 Å². The van der Waals surface area contributed by atoms with Crippen molar-refractivity contribution in [3.05, 3.63) is 71.3 Å². The molecule has 20 heavy (non-hydrogen) atoms. The van der Waals surface area contributed by atoms with E-state index in [0.717, 1.165) is 11.1 Å². The molecule has 0 amide bonds. The van der Waals surface area contributed by atoms with E-state index >= 15 is 0 Å². The largest absolute Gasteiger partial charge is 0.480 e. The zero-order valence-corrected chi connectivity index (χ0v) is 11.2. The van der Waals surface area contributed by atoms with E-state index in [1.165, 1.54) is 5.56 Å². The number of benzene rings is 2. The highest BCUT2D eigenvalue weighted by Crippen LogP contribution is 2.10. The van der Waals surface area contributed by atoms with Crippen molar-refractivity contribution in [2.45, 2.75) is 6.92 Å². The van der Waals surface area contributed by atoms with Crippen molar-refractivity contribution >= 4 is 11.8 Å². The predicted molar refractivity (Wildman–Crippen MR) is 77.7 cm³/mol. The van der Waals surface area contributed by atoms with Gasteiger partial charge in [-0.15, -0.1) is 0 Å². The SMILES string of the molecule is Cc1ccc(C(=O)c2ccccc2)cc1.NCC(=O)O. The quantitative estimate of drug-likeness (QED) is 0.839. The molecule has 0 bridgehead atoms. The number of hydrogen-bond donors (Lipinski definition) is 2. The van der Waals surface area contributed by atoms with Gasteiger partial charge in [-0.25, -0.2) is 0 Å². The van der Waals surface area contributed by atoms with E-state index in [1.807, 2.05) is 61.5 Å². The van der Waals surface area contributed by atoms with Gasteiger partial charge >= 0.3 is 5.97 Å². The molecule has 0 saturated heterocycles. The van der Waals surface area contributed by atoms with Crippen molar-refractivity contribution in [3.8, 4) is 0 Å². The zero-order valence-electron chi connectivity index (χ0n) is 11.2. The summed E-state index contributed by atoms with van der Waals surface area (Å²) < 4.78 is 0. The first kappa shape index (κ1) is 15.6. The Morgan fingerprint density at radius 1 is 0.950 bits per heavy atom. The molecule has 0 aliphatic heterocycles. The highest BCUT2D eigenvalue weighted by atomic mass is 16.4. The number of carbonyl (C=O) groups excluding carboxylic acids is 1. The van der Waals surface area contributed by atoms with E-state index in [0.29, 0.717) is 0 Å². The van der Waals surface area contributed by atoms with Crippen LogP contribution in [0.5, 0.6) is 0 Å². The van der Waals surface area contributed by atoms with Gasteiger partial charge in [-0.1, -0.05) is 60.2 Å². The summed E-state index contributed by atoms with van der Waals surface area (Å²) in [7, 11) is 0. The number of carboxylic acids is 1. The van der Waals surface area contributed by atoms with Crippen molar-refractivity contribution in [3.63, 3.8) is 0 Å². The fourth-order valence-corrected chi connectivity index (χ4v) is 1.46. The molecule has 0 spiro atoms. The Labute approximate surface area is 117 Å². The van der Waals surface area contributed by atoms with E-state index in [4.69, 9.17) is 5.11 Å². The summed E-state index contributed by atoms with van der Waals surface area (Å²) in [4.78, 5) is 21.2. The number of hydrogen-bond acceptors (Lipinski definition) is 3. The maximum Gasteiger partial charge on any atom is 0.317 e. The molecule has 0 aromatic heterocycles. The van der Waals surface area contributed by atoms with Gasteiger partial charge in [-0.2, -0.15) is 0 Å². The van der Waals surface area contributed by atoms with E-state index in [2.05, 4.69) is 5.73 Å². The Morgan fingerprint density at radius 2 is 1.40 bits per heavy atom. The minimum absolute atomic E-state index is 0.0793. The molecule has 0 heterocycles. The number of carbonyl (C=O) groups is 2. The first-order valence-corrected chi connectivity index (χ1v) is 6.13. The summed E-state index contributed by atoms with van der Waals surface area (Å²) in [5.41, 5.74) is 7.22. The predicted octanol–water partition coefficient (Wildman–Crippen LogP) is 2.26. The summed E-state index contributed by atoms with van der Waals surface area (Å²) in [5.74, 6) is -0.888. The highest BCUT2D eigenvalue weighted by molar-refractivity contribution is 6.08. The van der Waals surface area contributed by atoms with Crippen LogP contribution in [-0.2, 0) is 4.79 Å². The molecule has 2 aromatic carbocycles. The van der Waals surface area contributed by atoms with Crippen LogP contribution in [0.2, 0.25) is 0 Å². The molecule has 0 aliphatic carbocycles. The number of nitrogens with two attached hydrogens (primary N) is 1. The lowest BCUT2D eigenvalue weighted by Gasteiger charge is -2.00. The number of rotatable bonds is 3. The number of carboxylic acid groups (broad SMARTS) is 1. The van der Waals surface area contributed by atoms with Crippen molar-refractivity contribution in [1.29, 1.82) is 0 Å². The molecular weight excluding hydrogens is 254 g/mol. The van der Waals surface area contributed by atoms with Crippen LogP contribution < -0.4 is 5.73 Å². The molecule has 3 N–H and O–H groups in total. The fourth-order valence-electron chi connectivity index (χ4n) is 1.46. The molecule has 0 unspecified atom stereocenters. The lowest BCUT2D eigenvalue weighted by molar-refractivity contribution is -0.135. The van der Waals surface area contributed by atoms with Crippen molar-refractivity contribution in [1.82, 2.24) is 0 Å². The maximum absolute atomic E-state index is 12.0.